The normalized spacial score (nSPS) is 11.2. The van der Waals surface area contributed by atoms with Gasteiger partial charge in [-0.2, -0.15) is 0 Å². The zero-order chi connectivity index (χ0) is 13.4. The Bertz CT molecular complexity index is 472. The van der Waals surface area contributed by atoms with Crippen LogP contribution >= 0.6 is 11.8 Å². The topological polar surface area (TPSA) is 54.4 Å². The van der Waals surface area contributed by atoms with Crippen LogP contribution in [0.4, 0.5) is 0 Å². The first-order valence-electron chi connectivity index (χ1n) is 5.39. The molecule has 0 heterocycles. The van der Waals surface area contributed by atoms with Gasteiger partial charge in [0, 0.05) is 18.8 Å². The highest BCUT2D eigenvalue weighted by molar-refractivity contribution is 8.13. The Morgan fingerprint density at radius 1 is 1.17 bits per heavy atom. The molecule has 4 heteroatoms. The SMILES string of the molecule is CC(=O)SCC=Cc1ccc(/C=C/C(=O)O)cc1. The number of benzene rings is 1. The fourth-order valence-corrected chi connectivity index (χ4v) is 1.66. The minimum absolute atomic E-state index is 0.105. The van der Waals surface area contributed by atoms with Crippen molar-refractivity contribution in [2.45, 2.75) is 6.92 Å². The molecule has 0 aliphatic rings. The number of rotatable bonds is 5. The van der Waals surface area contributed by atoms with E-state index in [0.717, 1.165) is 17.2 Å². The van der Waals surface area contributed by atoms with E-state index in [4.69, 9.17) is 5.11 Å². The fourth-order valence-electron chi connectivity index (χ4n) is 1.24. The molecule has 0 radical (unpaired) electrons. The molecule has 0 saturated heterocycles. The lowest BCUT2D eigenvalue weighted by atomic mass is 10.1. The highest BCUT2D eigenvalue weighted by atomic mass is 32.2. The van der Waals surface area contributed by atoms with Crippen LogP contribution in [0.15, 0.2) is 36.4 Å². The van der Waals surface area contributed by atoms with Crippen LogP contribution in [0.3, 0.4) is 0 Å². The van der Waals surface area contributed by atoms with E-state index in [0.29, 0.717) is 5.75 Å². The molecular formula is C14H14O3S. The molecule has 0 saturated carbocycles. The van der Waals surface area contributed by atoms with Gasteiger partial charge in [-0.25, -0.2) is 4.79 Å². The number of hydrogen-bond donors (Lipinski definition) is 1. The third-order valence-corrected chi connectivity index (χ3v) is 2.81. The van der Waals surface area contributed by atoms with Gasteiger partial charge in [0.1, 0.15) is 0 Å². The van der Waals surface area contributed by atoms with Crippen molar-refractivity contribution in [3.8, 4) is 0 Å². The number of carboxylic acid groups (broad SMARTS) is 1. The van der Waals surface area contributed by atoms with E-state index in [-0.39, 0.29) is 5.12 Å². The molecule has 94 valence electrons. The smallest absolute Gasteiger partial charge is 0.328 e. The second-order valence-electron chi connectivity index (χ2n) is 3.54. The second-order valence-corrected chi connectivity index (χ2v) is 4.74. The molecule has 3 nitrogen and oxygen atoms in total. The van der Waals surface area contributed by atoms with Crippen molar-refractivity contribution in [3.63, 3.8) is 0 Å². The van der Waals surface area contributed by atoms with Gasteiger partial charge in [-0.05, 0) is 17.2 Å². The van der Waals surface area contributed by atoms with Crippen molar-refractivity contribution in [1.29, 1.82) is 0 Å². The Labute approximate surface area is 110 Å². The Hall–Kier alpha value is -1.81. The van der Waals surface area contributed by atoms with Crippen LogP contribution in [0.1, 0.15) is 18.1 Å². The van der Waals surface area contributed by atoms with Gasteiger partial charge >= 0.3 is 5.97 Å². The molecular weight excluding hydrogens is 248 g/mol. The largest absolute Gasteiger partial charge is 0.478 e. The number of carboxylic acids is 1. The maximum atomic E-state index is 10.7. The average Bonchev–Trinajstić information content (AvgIpc) is 2.33. The summed E-state index contributed by atoms with van der Waals surface area (Å²) in [4.78, 5) is 21.0. The Balaban J connectivity index is 2.55. The van der Waals surface area contributed by atoms with Crippen molar-refractivity contribution in [2.24, 2.45) is 0 Å². The van der Waals surface area contributed by atoms with E-state index >= 15 is 0 Å². The van der Waals surface area contributed by atoms with Crippen LogP contribution in [-0.4, -0.2) is 21.9 Å². The molecule has 0 aliphatic carbocycles. The summed E-state index contributed by atoms with van der Waals surface area (Å²) in [6.07, 6.45) is 6.50. The maximum absolute atomic E-state index is 10.7. The predicted octanol–water partition coefficient (Wildman–Crippen LogP) is 3.08. The van der Waals surface area contributed by atoms with Crippen molar-refractivity contribution in [1.82, 2.24) is 0 Å². The van der Waals surface area contributed by atoms with E-state index in [1.165, 1.54) is 11.8 Å². The van der Waals surface area contributed by atoms with Gasteiger partial charge in [0.25, 0.3) is 0 Å². The lowest BCUT2D eigenvalue weighted by molar-refractivity contribution is -0.131. The summed E-state index contributed by atoms with van der Waals surface area (Å²) in [5, 5.41) is 8.60. The van der Waals surface area contributed by atoms with Gasteiger partial charge in [-0.1, -0.05) is 48.2 Å². The summed E-state index contributed by atoms with van der Waals surface area (Å²) in [6, 6.07) is 7.49. The Morgan fingerprint density at radius 2 is 1.72 bits per heavy atom. The minimum atomic E-state index is -0.958. The first kappa shape index (κ1) is 14.3. The quantitative estimate of drug-likeness (QED) is 0.828. The molecule has 1 aromatic carbocycles. The van der Waals surface area contributed by atoms with E-state index in [2.05, 4.69) is 0 Å². The average molecular weight is 262 g/mol. The van der Waals surface area contributed by atoms with Crippen LogP contribution in [0, 0.1) is 0 Å². The summed E-state index contributed by atoms with van der Waals surface area (Å²) in [7, 11) is 0. The molecule has 0 atom stereocenters. The summed E-state index contributed by atoms with van der Waals surface area (Å²) in [5.74, 6) is -0.295. The summed E-state index contributed by atoms with van der Waals surface area (Å²) >= 11 is 1.26. The van der Waals surface area contributed by atoms with Crippen molar-refractivity contribution >= 4 is 35.0 Å². The highest BCUT2D eigenvalue weighted by Crippen LogP contribution is 2.09. The van der Waals surface area contributed by atoms with Gasteiger partial charge < -0.3 is 5.11 Å². The van der Waals surface area contributed by atoms with Gasteiger partial charge in [-0.3, -0.25) is 4.79 Å². The molecule has 1 N–H and O–H groups in total. The standard InChI is InChI=1S/C14H14O3S/c1-11(15)18-10-2-3-12-4-6-13(7-5-12)8-9-14(16)17/h2-9H,10H2,1H3,(H,16,17)/b3-2?,9-8+. The van der Waals surface area contributed by atoms with Crippen molar-refractivity contribution in [2.75, 3.05) is 5.75 Å². The molecule has 0 spiro atoms. The highest BCUT2D eigenvalue weighted by Gasteiger charge is 1.92. The molecule has 18 heavy (non-hydrogen) atoms. The Morgan fingerprint density at radius 3 is 2.22 bits per heavy atom. The van der Waals surface area contributed by atoms with Crippen LogP contribution in [0.2, 0.25) is 0 Å². The molecule has 1 rings (SSSR count). The van der Waals surface area contributed by atoms with E-state index < -0.39 is 5.97 Å². The van der Waals surface area contributed by atoms with Crippen LogP contribution in [0.5, 0.6) is 0 Å². The summed E-state index contributed by atoms with van der Waals surface area (Å²) in [6.45, 7) is 1.54. The third-order valence-electron chi connectivity index (χ3n) is 2.05. The monoisotopic (exact) mass is 262 g/mol. The second kappa shape index (κ2) is 7.50. The maximum Gasteiger partial charge on any atom is 0.328 e. The summed E-state index contributed by atoms with van der Waals surface area (Å²) in [5.41, 5.74) is 1.86. The number of carbonyl (C=O) groups is 2. The third kappa shape index (κ3) is 6.06. The molecule has 1 aromatic rings. The number of aliphatic carboxylic acids is 1. The zero-order valence-corrected chi connectivity index (χ0v) is 10.8. The molecule has 0 fully saturated rings. The van der Waals surface area contributed by atoms with E-state index in [9.17, 15) is 9.59 Å². The predicted molar refractivity (Wildman–Crippen MR) is 75.3 cm³/mol. The fraction of sp³-hybridized carbons (Fsp3) is 0.143. The van der Waals surface area contributed by atoms with Gasteiger partial charge in [0.2, 0.25) is 0 Å². The van der Waals surface area contributed by atoms with E-state index in [1.54, 1.807) is 13.0 Å². The Kier molecular flexibility index (Phi) is 5.94. The molecule has 0 aliphatic heterocycles. The minimum Gasteiger partial charge on any atom is -0.478 e. The van der Waals surface area contributed by atoms with Gasteiger partial charge in [-0.15, -0.1) is 0 Å². The molecule has 0 bridgehead atoms. The van der Waals surface area contributed by atoms with Crippen molar-refractivity contribution in [3.05, 3.63) is 47.5 Å². The number of hydrogen-bond acceptors (Lipinski definition) is 3. The van der Waals surface area contributed by atoms with Crippen LogP contribution < -0.4 is 0 Å². The first-order valence-corrected chi connectivity index (χ1v) is 6.37. The lowest BCUT2D eigenvalue weighted by Gasteiger charge is -1.95. The lowest BCUT2D eigenvalue weighted by Crippen LogP contribution is -1.85. The molecule has 0 aromatic heterocycles. The molecule has 0 amide bonds. The zero-order valence-electron chi connectivity index (χ0n) is 10.00. The van der Waals surface area contributed by atoms with E-state index in [1.807, 2.05) is 36.4 Å². The first-order chi connectivity index (χ1) is 8.58. The number of thioether (sulfide) groups is 1. The van der Waals surface area contributed by atoms with Crippen LogP contribution in [-0.2, 0) is 9.59 Å². The van der Waals surface area contributed by atoms with Crippen molar-refractivity contribution < 1.29 is 14.7 Å². The van der Waals surface area contributed by atoms with Gasteiger partial charge in [0.15, 0.2) is 5.12 Å². The molecule has 0 unspecified atom stereocenters. The van der Waals surface area contributed by atoms with Gasteiger partial charge in [0.05, 0.1) is 0 Å². The van der Waals surface area contributed by atoms with Crippen LogP contribution in [0.25, 0.3) is 12.2 Å². The summed E-state index contributed by atoms with van der Waals surface area (Å²) < 4.78 is 0. The number of carbonyl (C=O) groups excluding carboxylic acids is 1.